The van der Waals surface area contributed by atoms with Crippen LogP contribution in [-0.2, 0) is 12.7 Å². The number of hydrogen-bond acceptors (Lipinski definition) is 4. The van der Waals surface area contributed by atoms with E-state index in [0.29, 0.717) is 12.1 Å². The summed E-state index contributed by atoms with van der Waals surface area (Å²) in [7, 11) is 0. The second kappa shape index (κ2) is 7.57. The Morgan fingerprint density at radius 2 is 1.72 bits per heavy atom. The summed E-state index contributed by atoms with van der Waals surface area (Å²) >= 11 is 0. The number of rotatable bonds is 5. The molecule has 1 N–H and O–H groups in total. The Kier molecular flexibility index (Phi) is 5.31. The summed E-state index contributed by atoms with van der Waals surface area (Å²) in [4.78, 5) is 7.99. The molecule has 0 fully saturated rings. The third kappa shape index (κ3) is 4.23. The average molecular weight is 413 g/mol. The van der Waals surface area contributed by atoms with Gasteiger partial charge in [-0.15, -0.1) is 0 Å². The second-order valence-electron chi connectivity index (χ2n) is 5.86. The van der Waals surface area contributed by atoms with Crippen LogP contribution in [0.15, 0.2) is 37.2 Å². The first-order chi connectivity index (χ1) is 13.6. The smallest absolute Gasteiger partial charge is 0.339 e. The standard InChI is InChI=1S/C18H13F6N5/c1-3-29-14(6-15(28-29)18(22,23)24)13-7-26-16(8-25-13)27-9(2)17-11(20)4-10(19)5-12(17)21/h4-8H,2-3H2,1H3,(H,26,27). The Morgan fingerprint density at radius 1 is 1.07 bits per heavy atom. The maximum absolute atomic E-state index is 13.8. The van der Waals surface area contributed by atoms with Gasteiger partial charge in [-0.25, -0.2) is 23.1 Å². The lowest BCUT2D eigenvalue weighted by atomic mass is 10.1. The van der Waals surface area contributed by atoms with Crippen LogP contribution in [0, 0.1) is 17.5 Å². The first-order valence-electron chi connectivity index (χ1n) is 8.18. The van der Waals surface area contributed by atoms with E-state index in [-0.39, 0.29) is 29.4 Å². The largest absolute Gasteiger partial charge is 0.435 e. The number of nitrogens with zero attached hydrogens (tertiary/aromatic N) is 4. The van der Waals surface area contributed by atoms with E-state index < -0.39 is 34.9 Å². The van der Waals surface area contributed by atoms with Gasteiger partial charge in [-0.2, -0.15) is 18.3 Å². The van der Waals surface area contributed by atoms with E-state index in [4.69, 9.17) is 0 Å². The summed E-state index contributed by atoms with van der Waals surface area (Å²) in [6.07, 6.45) is -2.28. The van der Waals surface area contributed by atoms with Crippen molar-refractivity contribution >= 4 is 11.5 Å². The molecular formula is C18H13F6N5. The van der Waals surface area contributed by atoms with Gasteiger partial charge in [-0.1, -0.05) is 6.58 Å². The molecule has 0 saturated carbocycles. The Bertz CT molecular complexity index is 1030. The van der Waals surface area contributed by atoms with Crippen LogP contribution >= 0.6 is 0 Å². The van der Waals surface area contributed by atoms with Gasteiger partial charge in [-0.3, -0.25) is 4.68 Å². The number of nitrogens with one attached hydrogen (secondary N) is 1. The highest BCUT2D eigenvalue weighted by Crippen LogP contribution is 2.31. The maximum Gasteiger partial charge on any atom is 0.435 e. The maximum atomic E-state index is 13.8. The minimum atomic E-state index is -4.61. The van der Waals surface area contributed by atoms with Gasteiger partial charge >= 0.3 is 6.18 Å². The van der Waals surface area contributed by atoms with Crippen LogP contribution in [0.3, 0.4) is 0 Å². The van der Waals surface area contributed by atoms with Gasteiger partial charge in [0.05, 0.1) is 23.7 Å². The molecule has 0 bridgehead atoms. The lowest BCUT2D eigenvalue weighted by Crippen LogP contribution is -2.07. The fourth-order valence-corrected chi connectivity index (χ4v) is 2.57. The highest BCUT2D eigenvalue weighted by molar-refractivity contribution is 5.74. The molecule has 0 radical (unpaired) electrons. The molecule has 0 aliphatic heterocycles. The zero-order valence-electron chi connectivity index (χ0n) is 14.9. The molecule has 152 valence electrons. The lowest BCUT2D eigenvalue weighted by Gasteiger charge is -2.11. The number of anilines is 1. The second-order valence-corrected chi connectivity index (χ2v) is 5.86. The van der Waals surface area contributed by atoms with Gasteiger partial charge in [0, 0.05) is 24.4 Å². The fraction of sp³-hybridized carbons (Fsp3) is 0.167. The molecule has 0 aliphatic rings. The van der Waals surface area contributed by atoms with Gasteiger partial charge in [0.1, 0.15) is 29.0 Å². The molecule has 1 aromatic carbocycles. The van der Waals surface area contributed by atoms with E-state index in [9.17, 15) is 26.3 Å². The molecule has 0 spiro atoms. The SMILES string of the molecule is C=C(Nc1cnc(-c2cc(C(F)(F)F)nn2CC)cn1)c1c(F)cc(F)cc1F. The van der Waals surface area contributed by atoms with Crippen molar-refractivity contribution in [1.82, 2.24) is 19.7 Å². The van der Waals surface area contributed by atoms with E-state index in [2.05, 4.69) is 27.0 Å². The van der Waals surface area contributed by atoms with Crippen molar-refractivity contribution in [2.24, 2.45) is 0 Å². The molecule has 0 saturated heterocycles. The van der Waals surface area contributed by atoms with Gasteiger partial charge in [0.15, 0.2) is 5.69 Å². The zero-order chi connectivity index (χ0) is 21.3. The first-order valence-corrected chi connectivity index (χ1v) is 8.18. The molecular weight excluding hydrogens is 400 g/mol. The predicted molar refractivity (Wildman–Crippen MR) is 92.9 cm³/mol. The highest BCUT2D eigenvalue weighted by Gasteiger charge is 2.35. The van der Waals surface area contributed by atoms with E-state index in [0.717, 1.165) is 16.9 Å². The Morgan fingerprint density at radius 3 is 2.24 bits per heavy atom. The molecule has 11 heteroatoms. The van der Waals surface area contributed by atoms with Crippen LogP contribution in [0.5, 0.6) is 0 Å². The molecule has 5 nitrogen and oxygen atoms in total. The Hall–Kier alpha value is -3.37. The molecule has 0 aliphatic carbocycles. The van der Waals surface area contributed by atoms with Crippen LogP contribution in [0.2, 0.25) is 0 Å². The topological polar surface area (TPSA) is 55.6 Å². The minimum Gasteiger partial charge on any atom is -0.339 e. The number of alkyl halides is 3. The lowest BCUT2D eigenvalue weighted by molar-refractivity contribution is -0.141. The van der Waals surface area contributed by atoms with E-state index >= 15 is 0 Å². The summed E-state index contributed by atoms with van der Waals surface area (Å²) in [5.74, 6) is -3.36. The molecule has 29 heavy (non-hydrogen) atoms. The van der Waals surface area contributed by atoms with Crippen LogP contribution in [0.4, 0.5) is 32.2 Å². The van der Waals surface area contributed by atoms with Gasteiger partial charge in [-0.05, 0) is 13.0 Å². The minimum absolute atomic E-state index is 0.0282. The molecule has 3 aromatic rings. The monoisotopic (exact) mass is 413 g/mol. The van der Waals surface area contributed by atoms with E-state index in [1.807, 2.05) is 0 Å². The Balaban J connectivity index is 1.85. The third-order valence-electron chi connectivity index (χ3n) is 3.87. The number of aryl methyl sites for hydroxylation is 1. The summed E-state index contributed by atoms with van der Waals surface area (Å²) in [5, 5.41) is 6.02. The number of aromatic nitrogens is 4. The molecule has 0 unspecified atom stereocenters. The summed E-state index contributed by atoms with van der Waals surface area (Å²) in [6, 6.07) is 1.86. The summed E-state index contributed by atoms with van der Waals surface area (Å²) in [5.41, 5.74) is -1.65. The van der Waals surface area contributed by atoms with Crippen LogP contribution in [0.1, 0.15) is 18.2 Å². The normalized spacial score (nSPS) is 11.6. The zero-order valence-corrected chi connectivity index (χ0v) is 14.9. The first kappa shape index (κ1) is 20.4. The predicted octanol–water partition coefficient (Wildman–Crippen LogP) is 4.88. The van der Waals surface area contributed by atoms with Crippen molar-refractivity contribution in [3.8, 4) is 11.4 Å². The van der Waals surface area contributed by atoms with E-state index in [1.54, 1.807) is 6.92 Å². The van der Waals surface area contributed by atoms with Crippen molar-refractivity contribution in [3.63, 3.8) is 0 Å². The van der Waals surface area contributed by atoms with E-state index in [1.165, 1.54) is 6.20 Å². The van der Waals surface area contributed by atoms with Gasteiger partial charge in [0.2, 0.25) is 0 Å². The number of hydrogen-bond donors (Lipinski definition) is 1. The molecule has 0 amide bonds. The molecule has 2 heterocycles. The number of benzene rings is 1. The van der Waals surface area contributed by atoms with Gasteiger partial charge in [0.25, 0.3) is 0 Å². The quantitative estimate of drug-likeness (QED) is 0.606. The van der Waals surface area contributed by atoms with Crippen molar-refractivity contribution in [3.05, 3.63) is 65.9 Å². The third-order valence-corrected chi connectivity index (χ3v) is 3.87. The average Bonchev–Trinajstić information content (AvgIpc) is 3.06. The fourth-order valence-electron chi connectivity index (χ4n) is 2.57. The highest BCUT2D eigenvalue weighted by atomic mass is 19.4. The number of halogens is 6. The summed E-state index contributed by atoms with van der Waals surface area (Å²) < 4.78 is 80.4. The van der Waals surface area contributed by atoms with Crippen molar-refractivity contribution in [2.75, 3.05) is 5.32 Å². The van der Waals surface area contributed by atoms with Crippen molar-refractivity contribution in [1.29, 1.82) is 0 Å². The van der Waals surface area contributed by atoms with Crippen molar-refractivity contribution in [2.45, 2.75) is 19.6 Å². The molecule has 0 atom stereocenters. The summed E-state index contributed by atoms with van der Waals surface area (Å²) in [6.45, 7) is 5.28. The van der Waals surface area contributed by atoms with Crippen LogP contribution in [-0.4, -0.2) is 19.7 Å². The van der Waals surface area contributed by atoms with Crippen LogP contribution in [0.25, 0.3) is 17.1 Å². The van der Waals surface area contributed by atoms with Gasteiger partial charge < -0.3 is 5.32 Å². The van der Waals surface area contributed by atoms with Crippen molar-refractivity contribution < 1.29 is 26.3 Å². The molecule has 2 aromatic heterocycles. The molecule has 3 rings (SSSR count). The van der Waals surface area contributed by atoms with Crippen LogP contribution < -0.4 is 5.32 Å². The Labute approximate surface area is 160 Å².